The van der Waals surface area contributed by atoms with Crippen LogP contribution in [0.4, 0.5) is 13.2 Å². The highest BCUT2D eigenvalue weighted by molar-refractivity contribution is 5.83. The van der Waals surface area contributed by atoms with Crippen molar-refractivity contribution >= 4 is 5.91 Å². The molecule has 2 nitrogen and oxygen atoms in total. The standard InChI is InChI=1S/C21H20F3NO/c22-21(23,24)18-9-5-4-8-15(18)16-12-17(16)19(26)25-13-20(10-11-20)14-6-2-1-3-7-14/h1-9,16-17H,10-13H2,(H,25,26). The molecule has 0 aromatic heterocycles. The van der Waals surface area contributed by atoms with Crippen LogP contribution >= 0.6 is 0 Å². The molecule has 2 fully saturated rings. The Morgan fingerprint density at radius 1 is 1.04 bits per heavy atom. The van der Waals surface area contributed by atoms with Crippen molar-refractivity contribution in [3.63, 3.8) is 0 Å². The van der Waals surface area contributed by atoms with Gasteiger partial charge >= 0.3 is 6.18 Å². The summed E-state index contributed by atoms with van der Waals surface area (Å²) in [6, 6.07) is 15.7. The summed E-state index contributed by atoms with van der Waals surface area (Å²) in [6.07, 6.45) is -1.84. The molecule has 0 saturated heterocycles. The van der Waals surface area contributed by atoms with Gasteiger partial charge in [-0.2, -0.15) is 13.2 Å². The van der Waals surface area contributed by atoms with Crippen molar-refractivity contribution in [1.29, 1.82) is 0 Å². The molecular weight excluding hydrogens is 339 g/mol. The Balaban J connectivity index is 1.40. The Hall–Kier alpha value is -2.30. The number of carbonyl (C=O) groups excluding carboxylic acids is 1. The highest BCUT2D eigenvalue weighted by atomic mass is 19.4. The molecular formula is C21H20F3NO. The molecule has 1 amide bonds. The van der Waals surface area contributed by atoms with E-state index in [0.717, 1.165) is 18.9 Å². The third-order valence-electron chi connectivity index (χ3n) is 5.63. The van der Waals surface area contributed by atoms with Crippen LogP contribution in [0.3, 0.4) is 0 Å². The minimum Gasteiger partial charge on any atom is -0.355 e. The number of carbonyl (C=O) groups is 1. The number of rotatable bonds is 5. The molecule has 2 aromatic carbocycles. The zero-order valence-electron chi connectivity index (χ0n) is 14.2. The van der Waals surface area contributed by atoms with E-state index in [2.05, 4.69) is 17.4 Å². The van der Waals surface area contributed by atoms with E-state index in [1.807, 2.05) is 18.2 Å². The normalized spacial score (nSPS) is 23.3. The second kappa shape index (κ2) is 6.15. The fourth-order valence-corrected chi connectivity index (χ4v) is 3.80. The van der Waals surface area contributed by atoms with Gasteiger partial charge in [-0.25, -0.2) is 0 Å². The maximum absolute atomic E-state index is 13.2. The lowest BCUT2D eigenvalue weighted by molar-refractivity contribution is -0.138. The second-order valence-electron chi connectivity index (χ2n) is 7.40. The number of hydrogen-bond donors (Lipinski definition) is 1. The van der Waals surface area contributed by atoms with Gasteiger partial charge in [-0.1, -0.05) is 48.5 Å². The summed E-state index contributed by atoms with van der Waals surface area (Å²) >= 11 is 0. The minimum atomic E-state index is -4.38. The molecule has 0 spiro atoms. The predicted octanol–water partition coefficient (Wildman–Crippen LogP) is 4.66. The van der Waals surface area contributed by atoms with Gasteiger partial charge in [0.15, 0.2) is 0 Å². The van der Waals surface area contributed by atoms with Crippen LogP contribution in [0, 0.1) is 5.92 Å². The fraction of sp³-hybridized carbons (Fsp3) is 0.381. The number of nitrogens with one attached hydrogen (secondary N) is 1. The largest absolute Gasteiger partial charge is 0.416 e. The van der Waals surface area contributed by atoms with Crippen molar-refractivity contribution in [3.8, 4) is 0 Å². The zero-order chi connectivity index (χ0) is 18.4. The molecule has 2 aliphatic rings. The maximum Gasteiger partial charge on any atom is 0.416 e. The van der Waals surface area contributed by atoms with E-state index >= 15 is 0 Å². The summed E-state index contributed by atoms with van der Waals surface area (Å²) in [4.78, 5) is 12.5. The molecule has 136 valence electrons. The fourth-order valence-electron chi connectivity index (χ4n) is 3.80. The molecule has 1 N–H and O–H groups in total. The second-order valence-corrected chi connectivity index (χ2v) is 7.40. The summed E-state index contributed by atoms with van der Waals surface area (Å²) in [6.45, 7) is 0.556. The lowest BCUT2D eigenvalue weighted by Crippen LogP contribution is -2.33. The number of halogens is 3. The molecule has 5 heteroatoms. The summed E-state index contributed by atoms with van der Waals surface area (Å²) in [7, 11) is 0. The molecule has 0 radical (unpaired) electrons. The molecule has 2 aliphatic carbocycles. The van der Waals surface area contributed by atoms with Crippen molar-refractivity contribution in [2.45, 2.75) is 36.8 Å². The Morgan fingerprint density at radius 2 is 1.69 bits per heavy atom. The molecule has 4 rings (SSSR count). The van der Waals surface area contributed by atoms with E-state index in [9.17, 15) is 18.0 Å². The van der Waals surface area contributed by atoms with E-state index < -0.39 is 11.7 Å². The van der Waals surface area contributed by atoms with Crippen molar-refractivity contribution in [2.24, 2.45) is 5.92 Å². The summed E-state index contributed by atoms with van der Waals surface area (Å²) < 4.78 is 39.5. The monoisotopic (exact) mass is 359 g/mol. The van der Waals surface area contributed by atoms with Crippen LogP contribution in [-0.4, -0.2) is 12.5 Å². The Kier molecular flexibility index (Phi) is 4.05. The van der Waals surface area contributed by atoms with E-state index in [1.54, 1.807) is 6.07 Å². The van der Waals surface area contributed by atoms with Gasteiger partial charge in [-0.05, 0) is 42.4 Å². The molecule has 2 aromatic rings. The molecule has 0 bridgehead atoms. The zero-order valence-corrected chi connectivity index (χ0v) is 14.2. The van der Waals surface area contributed by atoms with Gasteiger partial charge < -0.3 is 5.32 Å². The quantitative estimate of drug-likeness (QED) is 0.827. The first kappa shape index (κ1) is 17.1. The van der Waals surface area contributed by atoms with Crippen molar-refractivity contribution in [3.05, 3.63) is 71.3 Å². The molecule has 0 heterocycles. The number of alkyl halides is 3. The third kappa shape index (κ3) is 3.22. The minimum absolute atomic E-state index is 0.00514. The van der Waals surface area contributed by atoms with Crippen LogP contribution in [0.25, 0.3) is 0 Å². The summed E-state index contributed by atoms with van der Waals surface area (Å²) in [5, 5.41) is 2.98. The SMILES string of the molecule is O=C(NCC1(c2ccccc2)CC1)C1CC1c1ccccc1C(F)(F)F. The third-order valence-corrected chi connectivity index (χ3v) is 5.63. The van der Waals surface area contributed by atoms with E-state index in [-0.39, 0.29) is 28.7 Å². The number of benzene rings is 2. The average molecular weight is 359 g/mol. The van der Waals surface area contributed by atoms with E-state index in [4.69, 9.17) is 0 Å². The first-order valence-electron chi connectivity index (χ1n) is 8.90. The van der Waals surface area contributed by atoms with Gasteiger partial charge in [0, 0.05) is 17.9 Å². The van der Waals surface area contributed by atoms with Gasteiger partial charge in [-0.3, -0.25) is 4.79 Å². The van der Waals surface area contributed by atoms with E-state index in [0.29, 0.717) is 13.0 Å². The van der Waals surface area contributed by atoms with Crippen LogP contribution in [-0.2, 0) is 16.4 Å². The molecule has 0 aliphatic heterocycles. The molecule has 2 unspecified atom stereocenters. The Morgan fingerprint density at radius 3 is 2.35 bits per heavy atom. The van der Waals surface area contributed by atoms with Crippen LogP contribution in [0.2, 0.25) is 0 Å². The highest BCUT2D eigenvalue weighted by Crippen LogP contribution is 2.52. The number of amides is 1. The smallest absolute Gasteiger partial charge is 0.355 e. The van der Waals surface area contributed by atoms with Gasteiger partial charge in [0.2, 0.25) is 5.91 Å². The topological polar surface area (TPSA) is 29.1 Å². The summed E-state index contributed by atoms with van der Waals surface area (Å²) in [5.41, 5.74) is 0.841. The van der Waals surface area contributed by atoms with Crippen molar-refractivity contribution in [2.75, 3.05) is 6.54 Å². The van der Waals surface area contributed by atoms with Gasteiger partial charge in [0.25, 0.3) is 0 Å². The Labute approximate surface area is 150 Å². The first-order valence-corrected chi connectivity index (χ1v) is 8.90. The van der Waals surface area contributed by atoms with Crippen LogP contribution in [0.5, 0.6) is 0 Å². The summed E-state index contributed by atoms with van der Waals surface area (Å²) in [5.74, 6) is -0.820. The lowest BCUT2D eigenvalue weighted by Gasteiger charge is -2.17. The van der Waals surface area contributed by atoms with Gasteiger partial charge in [0.1, 0.15) is 0 Å². The predicted molar refractivity (Wildman–Crippen MR) is 92.7 cm³/mol. The van der Waals surface area contributed by atoms with Gasteiger partial charge in [0.05, 0.1) is 5.56 Å². The van der Waals surface area contributed by atoms with Crippen molar-refractivity contribution in [1.82, 2.24) is 5.32 Å². The number of hydrogen-bond acceptors (Lipinski definition) is 1. The molecule has 26 heavy (non-hydrogen) atoms. The van der Waals surface area contributed by atoms with E-state index in [1.165, 1.54) is 17.7 Å². The van der Waals surface area contributed by atoms with Crippen LogP contribution in [0.15, 0.2) is 54.6 Å². The maximum atomic E-state index is 13.2. The molecule has 2 saturated carbocycles. The highest BCUT2D eigenvalue weighted by Gasteiger charge is 2.49. The van der Waals surface area contributed by atoms with Crippen LogP contribution in [0.1, 0.15) is 41.9 Å². The van der Waals surface area contributed by atoms with Crippen LogP contribution < -0.4 is 5.32 Å². The average Bonchev–Trinajstić information content (AvgIpc) is 3.54. The van der Waals surface area contributed by atoms with Gasteiger partial charge in [-0.15, -0.1) is 0 Å². The van der Waals surface area contributed by atoms with Crippen molar-refractivity contribution < 1.29 is 18.0 Å². The molecule has 2 atom stereocenters. The lowest BCUT2D eigenvalue weighted by atomic mass is 9.96. The Bertz CT molecular complexity index is 812. The first-order chi connectivity index (χ1) is 12.4.